The van der Waals surface area contributed by atoms with Gasteiger partial charge in [0.2, 0.25) is 5.89 Å². The largest absolute Gasteiger partial charge is 0.435 e. The third kappa shape index (κ3) is 5.01. The van der Waals surface area contributed by atoms with Crippen LogP contribution in [-0.2, 0) is 5.41 Å². The lowest BCUT2D eigenvalue weighted by molar-refractivity contribution is 0.623. The zero-order chi connectivity index (χ0) is 36.7. The fourth-order valence-electron chi connectivity index (χ4n) is 8.89. The first-order valence-corrected chi connectivity index (χ1v) is 18.9. The van der Waals surface area contributed by atoms with Gasteiger partial charge in [-0.1, -0.05) is 123 Å². The Morgan fingerprint density at radius 1 is 0.455 bits per heavy atom. The lowest BCUT2D eigenvalue weighted by atomic mass is 9.79. The van der Waals surface area contributed by atoms with Crippen LogP contribution >= 0.6 is 0 Å². The van der Waals surface area contributed by atoms with Gasteiger partial charge in [0.25, 0.3) is 0 Å². The highest BCUT2D eigenvalue weighted by Crippen LogP contribution is 2.53. The smallest absolute Gasteiger partial charge is 0.227 e. The second kappa shape index (κ2) is 12.0. The third-order valence-electron chi connectivity index (χ3n) is 11.6. The Hall–Kier alpha value is -6.97. The van der Waals surface area contributed by atoms with Crippen LogP contribution < -0.4 is 4.90 Å². The van der Waals surface area contributed by atoms with Crippen LogP contribution in [0.15, 0.2) is 186 Å². The molecule has 3 nitrogen and oxygen atoms in total. The van der Waals surface area contributed by atoms with Gasteiger partial charge in [-0.25, -0.2) is 4.98 Å². The Bertz CT molecular complexity index is 3110. The molecule has 1 aliphatic rings. The van der Waals surface area contributed by atoms with Crippen molar-refractivity contribution in [3.63, 3.8) is 0 Å². The van der Waals surface area contributed by atoms with Crippen LogP contribution in [0, 0.1) is 0 Å². The number of hydrogen-bond donors (Lipinski definition) is 0. The maximum atomic E-state index is 6.48. The van der Waals surface area contributed by atoms with Gasteiger partial charge < -0.3 is 9.32 Å². The molecular weight excluding hydrogens is 669 g/mol. The molecule has 0 N–H and O–H groups in total. The van der Waals surface area contributed by atoms with Crippen molar-refractivity contribution in [3.05, 3.63) is 193 Å². The summed E-state index contributed by atoms with van der Waals surface area (Å²) in [5.41, 5.74) is 13.5. The highest BCUT2D eigenvalue weighted by molar-refractivity contribution is 6.09. The number of fused-ring (bicyclic) bond motifs is 9. The van der Waals surface area contributed by atoms with E-state index in [1.807, 2.05) is 30.3 Å². The normalized spacial score (nSPS) is 13.1. The van der Waals surface area contributed by atoms with Gasteiger partial charge in [0, 0.05) is 33.4 Å². The summed E-state index contributed by atoms with van der Waals surface area (Å²) in [7, 11) is 0. The summed E-state index contributed by atoms with van der Waals surface area (Å²) in [6.45, 7) is 4.73. The van der Waals surface area contributed by atoms with Crippen molar-refractivity contribution in [1.29, 1.82) is 0 Å². The Labute approximate surface area is 319 Å². The van der Waals surface area contributed by atoms with Crippen LogP contribution in [0.3, 0.4) is 0 Å². The minimum absolute atomic E-state index is 0.227. The second-order valence-corrected chi connectivity index (χ2v) is 15.2. The molecule has 0 aliphatic heterocycles. The molecule has 3 heteroatoms. The van der Waals surface area contributed by atoms with E-state index in [-0.39, 0.29) is 5.41 Å². The Morgan fingerprint density at radius 2 is 1.05 bits per heavy atom. The standard InChI is InChI=1S/C52H36N2O/c1-52(2)47-32-39-30-42(54(41-23-19-34-13-9-10-16-37(34)29-41)40-21-17-35(18-22-40)33-11-5-3-6-12-33)24-20-38(39)31-46(47)44-25-26-45-43(49(44)52)27-28-48-50(45)55-51(53-48)36-14-7-4-8-15-36/h3-32H,1-2H3. The summed E-state index contributed by atoms with van der Waals surface area (Å²) in [4.78, 5) is 7.25. The van der Waals surface area contributed by atoms with Crippen molar-refractivity contribution in [3.8, 4) is 33.7 Å². The monoisotopic (exact) mass is 704 g/mol. The highest BCUT2D eigenvalue weighted by atomic mass is 16.3. The molecule has 0 unspecified atom stereocenters. The molecule has 0 atom stereocenters. The Balaban J connectivity index is 1.04. The molecule has 0 amide bonds. The first-order chi connectivity index (χ1) is 27.0. The Kier molecular flexibility index (Phi) is 6.90. The molecule has 1 heterocycles. The molecule has 10 aromatic rings. The minimum Gasteiger partial charge on any atom is -0.435 e. The van der Waals surface area contributed by atoms with Gasteiger partial charge in [0.15, 0.2) is 5.58 Å². The average molecular weight is 705 g/mol. The molecule has 0 spiro atoms. The zero-order valence-corrected chi connectivity index (χ0v) is 30.6. The van der Waals surface area contributed by atoms with E-state index in [1.54, 1.807) is 0 Å². The molecule has 0 radical (unpaired) electrons. The predicted molar refractivity (Wildman–Crippen MR) is 230 cm³/mol. The maximum Gasteiger partial charge on any atom is 0.227 e. The van der Waals surface area contributed by atoms with E-state index in [2.05, 4.69) is 170 Å². The second-order valence-electron chi connectivity index (χ2n) is 15.2. The summed E-state index contributed by atoms with van der Waals surface area (Å²) in [6.07, 6.45) is 0. The number of rotatable bonds is 5. The summed E-state index contributed by atoms with van der Waals surface area (Å²) in [5.74, 6) is 0.651. The fraction of sp³-hybridized carbons (Fsp3) is 0.0577. The van der Waals surface area contributed by atoms with Gasteiger partial charge in [-0.15, -0.1) is 0 Å². The van der Waals surface area contributed by atoms with E-state index >= 15 is 0 Å². The summed E-state index contributed by atoms with van der Waals surface area (Å²) in [6, 6.07) is 65.6. The van der Waals surface area contributed by atoms with Crippen molar-refractivity contribution in [2.45, 2.75) is 19.3 Å². The molecule has 9 aromatic carbocycles. The van der Waals surface area contributed by atoms with Crippen molar-refractivity contribution >= 4 is 60.5 Å². The molecule has 11 rings (SSSR count). The molecule has 0 saturated heterocycles. The number of benzene rings is 9. The predicted octanol–water partition coefficient (Wildman–Crippen LogP) is 14.4. The molecule has 1 aromatic heterocycles. The molecule has 0 bridgehead atoms. The third-order valence-corrected chi connectivity index (χ3v) is 11.6. The molecule has 1 aliphatic carbocycles. The number of hydrogen-bond acceptors (Lipinski definition) is 3. The van der Waals surface area contributed by atoms with Gasteiger partial charge >= 0.3 is 0 Å². The van der Waals surface area contributed by atoms with Crippen LogP contribution in [0.4, 0.5) is 17.1 Å². The Morgan fingerprint density at radius 3 is 1.82 bits per heavy atom. The van der Waals surface area contributed by atoms with Gasteiger partial charge in [0.05, 0.1) is 0 Å². The zero-order valence-electron chi connectivity index (χ0n) is 30.6. The number of oxazole rings is 1. The van der Waals surface area contributed by atoms with E-state index < -0.39 is 0 Å². The molecule has 0 saturated carbocycles. The average Bonchev–Trinajstić information content (AvgIpc) is 3.77. The SMILES string of the molecule is CC1(C)c2cc3cc(N(c4ccc(-c5ccccc5)cc4)c4ccc5ccccc5c4)ccc3cc2-c2ccc3c(ccc4nc(-c5ccccc5)oc43)c21. The lowest BCUT2D eigenvalue weighted by Gasteiger charge is -2.27. The lowest BCUT2D eigenvalue weighted by Crippen LogP contribution is -2.15. The minimum atomic E-state index is -0.227. The van der Waals surface area contributed by atoms with Crippen molar-refractivity contribution in [2.75, 3.05) is 4.90 Å². The van der Waals surface area contributed by atoms with E-state index in [9.17, 15) is 0 Å². The van der Waals surface area contributed by atoms with Crippen LogP contribution in [0.5, 0.6) is 0 Å². The highest BCUT2D eigenvalue weighted by Gasteiger charge is 2.37. The molecule has 0 fully saturated rings. The van der Waals surface area contributed by atoms with Crippen molar-refractivity contribution < 1.29 is 4.42 Å². The van der Waals surface area contributed by atoms with Gasteiger partial charge in [-0.3, -0.25) is 0 Å². The van der Waals surface area contributed by atoms with E-state index in [0.29, 0.717) is 5.89 Å². The number of aromatic nitrogens is 1. The molecular formula is C52H36N2O. The van der Waals surface area contributed by atoms with E-state index in [0.717, 1.165) is 39.1 Å². The van der Waals surface area contributed by atoms with Gasteiger partial charge in [-0.2, -0.15) is 0 Å². The van der Waals surface area contributed by atoms with Crippen molar-refractivity contribution in [2.24, 2.45) is 0 Å². The van der Waals surface area contributed by atoms with Crippen LogP contribution in [0.2, 0.25) is 0 Å². The first-order valence-electron chi connectivity index (χ1n) is 18.9. The van der Waals surface area contributed by atoms with E-state index in [4.69, 9.17) is 9.40 Å². The van der Waals surface area contributed by atoms with E-state index in [1.165, 1.54) is 60.3 Å². The van der Waals surface area contributed by atoms with Crippen LogP contribution in [0.25, 0.3) is 77.1 Å². The van der Waals surface area contributed by atoms with Crippen molar-refractivity contribution in [1.82, 2.24) is 4.98 Å². The van der Waals surface area contributed by atoms with Gasteiger partial charge in [-0.05, 0) is 133 Å². The summed E-state index contributed by atoms with van der Waals surface area (Å²) >= 11 is 0. The molecule has 260 valence electrons. The first kappa shape index (κ1) is 31.5. The van der Waals surface area contributed by atoms with Gasteiger partial charge in [0.1, 0.15) is 5.52 Å². The number of nitrogens with zero attached hydrogens (tertiary/aromatic N) is 2. The number of anilines is 3. The van der Waals surface area contributed by atoms with Crippen LogP contribution in [-0.4, -0.2) is 4.98 Å². The topological polar surface area (TPSA) is 29.3 Å². The quantitative estimate of drug-likeness (QED) is 0.179. The van der Waals surface area contributed by atoms with Crippen LogP contribution in [0.1, 0.15) is 25.0 Å². The summed E-state index contributed by atoms with van der Waals surface area (Å²) in [5, 5.41) is 7.21. The maximum absolute atomic E-state index is 6.48. The summed E-state index contributed by atoms with van der Waals surface area (Å²) < 4.78 is 6.48. The fourth-order valence-corrected chi connectivity index (χ4v) is 8.89. The molecule has 55 heavy (non-hydrogen) atoms.